The van der Waals surface area contributed by atoms with Gasteiger partial charge in [-0.25, -0.2) is 0 Å². The maximum Gasteiger partial charge on any atom is 0.173 e. The highest BCUT2D eigenvalue weighted by atomic mass is 32.1. The second kappa shape index (κ2) is 8.86. The Hall–Kier alpha value is -1.63. The number of rotatable bonds is 7. The SMILES string of the molecule is COc1ccccc1NC(=S)N(CCN(C)C)Cc1cccs1. The molecule has 124 valence electrons. The minimum absolute atomic E-state index is 0.713. The van der Waals surface area contributed by atoms with E-state index < -0.39 is 0 Å². The van der Waals surface area contributed by atoms with Crippen molar-refractivity contribution in [3.05, 3.63) is 46.7 Å². The van der Waals surface area contributed by atoms with Crippen molar-refractivity contribution in [1.82, 2.24) is 9.80 Å². The molecule has 2 aromatic rings. The highest BCUT2D eigenvalue weighted by Gasteiger charge is 2.13. The molecule has 0 saturated carbocycles. The largest absolute Gasteiger partial charge is 0.495 e. The van der Waals surface area contributed by atoms with Gasteiger partial charge in [-0.05, 0) is 49.9 Å². The van der Waals surface area contributed by atoms with Gasteiger partial charge in [0.2, 0.25) is 0 Å². The van der Waals surface area contributed by atoms with E-state index in [1.165, 1.54) is 4.88 Å². The number of nitrogens with one attached hydrogen (secondary N) is 1. The normalized spacial score (nSPS) is 10.6. The van der Waals surface area contributed by atoms with Crippen molar-refractivity contribution in [3.63, 3.8) is 0 Å². The van der Waals surface area contributed by atoms with Gasteiger partial charge in [0, 0.05) is 18.0 Å². The number of ether oxygens (including phenoxy) is 1. The first-order chi connectivity index (χ1) is 11.1. The van der Waals surface area contributed by atoms with Crippen LogP contribution in [0.3, 0.4) is 0 Å². The molecule has 0 saturated heterocycles. The molecular formula is C17H23N3OS2. The van der Waals surface area contributed by atoms with Gasteiger partial charge < -0.3 is 19.9 Å². The predicted octanol–water partition coefficient (Wildman–Crippen LogP) is 3.52. The van der Waals surface area contributed by atoms with Crippen LogP contribution in [0, 0.1) is 0 Å². The van der Waals surface area contributed by atoms with Crippen molar-refractivity contribution in [3.8, 4) is 5.75 Å². The molecule has 1 aromatic carbocycles. The second-order valence-electron chi connectivity index (χ2n) is 5.43. The van der Waals surface area contributed by atoms with E-state index >= 15 is 0 Å². The number of para-hydroxylation sites is 2. The molecule has 0 amide bonds. The maximum atomic E-state index is 5.64. The maximum absolute atomic E-state index is 5.64. The number of anilines is 1. The molecule has 1 heterocycles. The van der Waals surface area contributed by atoms with Crippen molar-refractivity contribution < 1.29 is 4.74 Å². The zero-order valence-corrected chi connectivity index (χ0v) is 15.4. The van der Waals surface area contributed by atoms with E-state index in [9.17, 15) is 0 Å². The second-order valence-corrected chi connectivity index (χ2v) is 6.85. The molecule has 4 nitrogen and oxygen atoms in total. The lowest BCUT2D eigenvalue weighted by Gasteiger charge is -2.27. The van der Waals surface area contributed by atoms with Gasteiger partial charge in [0.15, 0.2) is 5.11 Å². The van der Waals surface area contributed by atoms with E-state index in [4.69, 9.17) is 17.0 Å². The van der Waals surface area contributed by atoms with Crippen LogP contribution < -0.4 is 10.1 Å². The van der Waals surface area contributed by atoms with Crippen LogP contribution in [-0.4, -0.2) is 49.2 Å². The van der Waals surface area contributed by atoms with Crippen molar-refractivity contribution in [1.29, 1.82) is 0 Å². The average Bonchev–Trinajstić information content (AvgIpc) is 3.04. The van der Waals surface area contributed by atoms with Gasteiger partial charge in [0.25, 0.3) is 0 Å². The summed E-state index contributed by atoms with van der Waals surface area (Å²) in [4.78, 5) is 5.65. The van der Waals surface area contributed by atoms with Crippen LogP contribution in [0.4, 0.5) is 5.69 Å². The van der Waals surface area contributed by atoms with Crippen LogP contribution >= 0.6 is 23.6 Å². The van der Waals surface area contributed by atoms with Gasteiger partial charge >= 0.3 is 0 Å². The number of hydrogen-bond donors (Lipinski definition) is 1. The molecule has 2 rings (SSSR count). The molecule has 0 unspecified atom stereocenters. The minimum Gasteiger partial charge on any atom is -0.495 e. The van der Waals surface area contributed by atoms with Crippen molar-refractivity contribution in [2.24, 2.45) is 0 Å². The van der Waals surface area contributed by atoms with Crippen molar-refractivity contribution in [2.75, 3.05) is 39.6 Å². The molecule has 0 aliphatic carbocycles. The van der Waals surface area contributed by atoms with Crippen LogP contribution in [0.2, 0.25) is 0 Å². The molecule has 0 radical (unpaired) electrons. The summed E-state index contributed by atoms with van der Waals surface area (Å²) in [5.74, 6) is 0.790. The third-order valence-electron chi connectivity index (χ3n) is 3.38. The van der Waals surface area contributed by atoms with Crippen molar-refractivity contribution >= 4 is 34.4 Å². The van der Waals surface area contributed by atoms with Gasteiger partial charge in [-0.15, -0.1) is 11.3 Å². The number of thiophene rings is 1. The first-order valence-electron chi connectivity index (χ1n) is 7.46. The van der Waals surface area contributed by atoms with Gasteiger partial charge in [-0.1, -0.05) is 18.2 Å². The first kappa shape index (κ1) is 17.7. The van der Waals surface area contributed by atoms with Gasteiger partial charge in [-0.2, -0.15) is 0 Å². The van der Waals surface area contributed by atoms with E-state index in [-0.39, 0.29) is 0 Å². The Balaban J connectivity index is 2.08. The lowest BCUT2D eigenvalue weighted by Crippen LogP contribution is -2.38. The molecule has 23 heavy (non-hydrogen) atoms. The summed E-state index contributed by atoms with van der Waals surface area (Å²) in [6, 6.07) is 12.0. The average molecular weight is 350 g/mol. The van der Waals surface area contributed by atoms with Crippen LogP contribution in [0.25, 0.3) is 0 Å². The third-order valence-corrected chi connectivity index (χ3v) is 4.60. The minimum atomic E-state index is 0.713. The monoisotopic (exact) mass is 349 g/mol. The predicted molar refractivity (Wildman–Crippen MR) is 102 cm³/mol. The lowest BCUT2D eigenvalue weighted by atomic mass is 10.3. The number of hydrogen-bond acceptors (Lipinski definition) is 4. The van der Waals surface area contributed by atoms with Crippen LogP contribution in [0.1, 0.15) is 4.88 Å². The Morgan fingerprint density at radius 1 is 1.17 bits per heavy atom. The zero-order valence-electron chi connectivity index (χ0n) is 13.8. The van der Waals surface area contributed by atoms with Crippen LogP contribution in [-0.2, 0) is 6.54 Å². The van der Waals surface area contributed by atoms with E-state index in [2.05, 4.69) is 46.7 Å². The molecular weight excluding hydrogens is 326 g/mol. The molecule has 0 fully saturated rings. The summed E-state index contributed by atoms with van der Waals surface area (Å²) >= 11 is 7.38. The molecule has 1 N–H and O–H groups in total. The van der Waals surface area contributed by atoms with Gasteiger partial charge in [0.1, 0.15) is 5.75 Å². The van der Waals surface area contributed by atoms with Crippen LogP contribution in [0.15, 0.2) is 41.8 Å². The molecule has 0 aliphatic rings. The Labute approximate surface area is 147 Å². The van der Waals surface area contributed by atoms with Crippen molar-refractivity contribution in [2.45, 2.75) is 6.54 Å². The fourth-order valence-corrected chi connectivity index (χ4v) is 3.09. The number of methoxy groups -OCH3 is 1. The zero-order chi connectivity index (χ0) is 16.7. The molecule has 0 bridgehead atoms. The summed E-state index contributed by atoms with van der Waals surface area (Å²) < 4.78 is 5.38. The van der Waals surface area contributed by atoms with Crippen LogP contribution in [0.5, 0.6) is 5.75 Å². The fourth-order valence-electron chi connectivity index (χ4n) is 2.11. The Morgan fingerprint density at radius 3 is 2.61 bits per heavy atom. The Morgan fingerprint density at radius 2 is 1.96 bits per heavy atom. The number of likely N-dealkylation sites (N-methyl/N-ethyl adjacent to an activating group) is 1. The summed E-state index contributed by atoms with van der Waals surface area (Å²) in [5.41, 5.74) is 0.890. The quantitative estimate of drug-likeness (QED) is 0.772. The number of thiocarbonyl (C=S) groups is 1. The van der Waals surface area contributed by atoms with E-state index in [1.807, 2.05) is 24.3 Å². The van der Waals surface area contributed by atoms with Gasteiger partial charge in [-0.3, -0.25) is 0 Å². The summed E-state index contributed by atoms with van der Waals surface area (Å²) in [7, 11) is 5.80. The fraction of sp³-hybridized carbons (Fsp3) is 0.353. The smallest absolute Gasteiger partial charge is 0.173 e. The third kappa shape index (κ3) is 5.49. The molecule has 6 heteroatoms. The molecule has 1 aromatic heterocycles. The highest BCUT2D eigenvalue weighted by Crippen LogP contribution is 2.24. The van der Waals surface area contributed by atoms with E-state index in [0.29, 0.717) is 5.11 Å². The molecule has 0 spiro atoms. The summed E-state index contributed by atoms with van der Waals surface area (Å²) in [6.45, 7) is 2.62. The number of benzene rings is 1. The van der Waals surface area contributed by atoms with E-state index in [1.54, 1.807) is 18.4 Å². The summed E-state index contributed by atoms with van der Waals surface area (Å²) in [6.07, 6.45) is 0. The standard InChI is InChI=1S/C17H23N3OS2/c1-19(2)10-11-20(13-14-7-6-12-23-14)17(22)18-15-8-4-5-9-16(15)21-3/h4-9,12H,10-11,13H2,1-3H3,(H,18,22). The highest BCUT2D eigenvalue weighted by molar-refractivity contribution is 7.80. The van der Waals surface area contributed by atoms with E-state index in [0.717, 1.165) is 31.1 Å². The Bertz CT molecular complexity index is 614. The Kier molecular flexibility index (Phi) is 6.83. The number of nitrogens with zero attached hydrogens (tertiary/aromatic N) is 2. The topological polar surface area (TPSA) is 27.7 Å². The molecule has 0 aliphatic heterocycles. The summed E-state index contributed by atoms with van der Waals surface area (Å²) in [5, 5.41) is 6.12. The molecule has 0 atom stereocenters. The first-order valence-corrected chi connectivity index (χ1v) is 8.75. The lowest BCUT2D eigenvalue weighted by molar-refractivity contribution is 0.329. The van der Waals surface area contributed by atoms with Gasteiger partial charge in [0.05, 0.1) is 19.3 Å².